The van der Waals surface area contributed by atoms with E-state index < -0.39 is 0 Å². The first kappa shape index (κ1) is 13.1. The molecule has 0 aromatic carbocycles. The predicted octanol–water partition coefficient (Wildman–Crippen LogP) is 2.46. The third-order valence-electron chi connectivity index (χ3n) is 4.81. The van der Waals surface area contributed by atoms with Gasteiger partial charge in [0, 0.05) is 6.61 Å². The molecule has 0 amide bonds. The minimum atomic E-state index is -0.230. The maximum atomic E-state index is 10.3. The summed E-state index contributed by atoms with van der Waals surface area (Å²) >= 11 is 0. The molecule has 0 aliphatic heterocycles. The van der Waals surface area contributed by atoms with Crippen molar-refractivity contribution < 1.29 is 10.2 Å². The van der Waals surface area contributed by atoms with Gasteiger partial charge in [-0.1, -0.05) is 32.9 Å². The van der Waals surface area contributed by atoms with Crippen LogP contribution in [0.1, 0.15) is 33.6 Å². The third-order valence-corrected chi connectivity index (χ3v) is 4.81. The Balaban J connectivity index is 2.24. The van der Waals surface area contributed by atoms with Gasteiger partial charge >= 0.3 is 0 Å². The number of aliphatic hydroxyl groups is 2. The van der Waals surface area contributed by atoms with Crippen molar-refractivity contribution in [3.05, 3.63) is 12.2 Å². The second kappa shape index (κ2) is 5.11. The van der Waals surface area contributed by atoms with Crippen molar-refractivity contribution >= 4 is 0 Å². The maximum Gasteiger partial charge on any atom is 0.0580 e. The molecular weight excluding hydrogens is 212 g/mol. The molecule has 2 aliphatic carbocycles. The van der Waals surface area contributed by atoms with E-state index in [0.29, 0.717) is 23.7 Å². The molecule has 2 heteroatoms. The minimum absolute atomic E-state index is 0.208. The lowest BCUT2D eigenvalue weighted by Crippen LogP contribution is -2.46. The fourth-order valence-corrected chi connectivity index (χ4v) is 4.01. The van der Waals surface area contributed by atoms with E-state index in [9.17, 15) is 10.2 Å². The quantitative estimate of drug-likeness (QED) is 0.726. The highest BCUT2D eigenvalue weighted by molar-refractivity contribution is 5.09. The van der Waals surface area contributed by atoms with Crippen LogP contribution in [0.25, 0.3) is 0 Å². The molecule has 2 rings (SSSR count). The summed E-state index contributed by atoms with van der Waals surface area (Å²) in [7, 11) is 0. The Kier molecular flexibility index (Phi) is 3.94. The monoisotopic (exact) mass is 238 g/mol. The van der Waals surface area contributed by atoms with Gasteiger partial charge in [-0.3, -0.25) is 0 Å². The Morgan fingerprint density at radius 2 is 1.94 bits per heavy atom. The van der Waals surface area contributed by atoms with Crippen LogP contribution >= 0.6 is 0 Å². The lowest BCUT2D eigenvalue weighted by Gasteiger charge is -2.47. The van der Waals surface area contributed by atoms with Crippen molar-refractivity contribution in [3.63, 3.8) is 0 Å². The molecule has 1 fully saturated rings. The van der Waals surface area contributed by atoms with Crippen LogP contribution in [-0.2, 0) is 0 Å². The van der Waals surface area contributed by atoms with Crippen molar-refractivity contribution in [2.24, 2.45) is 35.5 Å². The zero-order chi connectivity index (χ0) is 12.6. The maximum absolute atomic E-state index is 10.3. The summed E-state index contributed by atoms with van der Waals surface area (Å²) in [5, 5.41) is 20.0. The number of hydrogen-bond acceptors (Lipinski definition) is 2. The summed E-state index contributed by atoms with van der Waals surface area (Å²) in [6.45, 7) is 6.83. The van der Waals surface area contributed by atoms with Crippen LogP contribution in [0.4, 0.5) is 0 Å². The standard InChI is InChI=1S/C15H26O2/c1-9(2)12-5-4-11-6-10(3)7-14(17)15(11)13(12)8-16/h4-5,9-17H,6-8H2,1-3H3/t10-,11?,12+,13-,14?,15?/m0/s1. The fraction of sp³-hybridized carbons (Fsp3) is 0.867. The van der Waals surface area contributed by atoms with Crippen LogP contribution in [0.3, 0.4) is 0 Å². The second-order valence-corrected chi connectivity index (χ2v) is 6.44. The van der Waals surface area contributed by atoms with Gasteiger partial charge < -0.3 is 10.2 Å². The smallest absolute Gasteiger partial charge is 0.0580 e. The third kappa shape index (κ3) is 2.43. The van der Waals surface area contributed by atoms with Gasteiger partial charge in [0.15, 0.2) is 0 Å². The van der Waals surface area contributed by atoms with Crippen LogP contribution in [0.15, 0.2) is 12.2 Å². The molecule has 6 atom stereocenters. The summed E-state index contributed by atoms with van der Waals surface area (Å²) in [5.74, 6) is 2.55. The molecule has 3 unspecified atom stereocenters. The molecule has 0 heterocycles. The molecule has 2 nitrogen and oxygen atoms in total. The van der Waals surface area contributed by atoms with E-state index in [1.165, 1.54) is 6.42 Å². The van der Waals surface area contributed by atoms with Gasteiger partial charge in [0.25, 0.3) is 0 Å². The first-order valence-electron chi connectivity index (χ1n) is 7.01. The molecule has 0 radical (unpaired) electrons. The van der Waals surface area contributed by atoms with Crippen molar-refractivity contribution in [2.45, 2.75) is 39.7 Å². The molecule has 2 aliphatic rings. The topological polar surface area (TPSA) is 40.5 Å². The first-order valence-corrected chi connectivity index (χ1v) is 7.01. The molecule has 98 valence electrons. The summed E-state index contributed by atoms with van der Waals surface area (Å²) in [4.78, 5) is 0. The summed E-state index contributed by atoms with van der Waals surface area (Å²) < 4.78 is 0. The summed E-state index contributed by atoms with van der Waals surface area (Å²) in [5.41, 5.74) is 0. The molecule has 17 heavy (non-hydrogen) atoms. The van der Waals surface area contributed by atoms with Crippen molar-refractivity contribution in [1.29, 1.82) is 0 Å². The van der Waals surface area contributed by atoms with E-state index >= 15 is 0 Å². The summed E-state index contributed by atoms with van der Waals surface area (Å²) in [6, 6.07) is 0. The molecule has 0 saturated heterocycles. The Hall–Kier alpha value is -0.340. The highest BCUT2D eigenvalue weighted by Gasteiger charge is 2.44. The number of aliphatic hydroxyl groups excluding tert-OH is 2. The van der Waals surface area contributed by atoms with Crippen LogP contribution in [0, 0.1) is 35.5 Å². The number of fused-ring (bicyclic) bond motifs is 1. The van der Waals surface area contributed by atoms with Crippen LogP contribution in [0.5, 0.6) is 0 Å². The van der Waals surface area contributed by atoms with Crippen LogP contribution < -0.4 is 0 Å². The Morgan fingerprint density at radius 1 is 1.24 bits per heavy atom. The van der Waals surface area contributed by atoms with Gasteiger partial charge in [0.2, 0.25) is 0 Å². The molecule has 0 spiro atoms. The second-order valence-electron chi connectivity index (χ2n) is 6.44. The largest absolute Gasteiger partial charge is 0.396 e. The number of rotatable bonds is 2. The number of hydrogen-bond donors (Lipinski definition) is 2. The first-order chi connectivity index (χ1) is 8.04. The van der Waals surface area contributed by atoms with Crippen LogP contribution in [-0.4, -0.2) is 22.9 Å². The van der Waals surface area contributed by atoms with E-state index in [0.717, 1.165) is 6.42 Å². The normalized spacial score (nSPS) is 46.0. The van der Waals surface area contributed by atoms with Gasteiger partial charge in [-0.2, -0.15) is 0 Å². The zero-order valence-electron chi connectivity index (χ0n) is 11.2. The van der Waals surface area contributed by atoms with E-state index in [1.807, 2.05) is 0 Å². The highest BCUT2D eigenvalue weighted by atomic mass is 16.3. The molecular formula is C15H26O2. The van der Waals surface area contributed by atoms with Gasteiger partial charge in [-0.25, -0.2) is 0 Å². The molecule has 0 bridgehead atoms. The average Bonchev–Trinajstić information content (AvgIpc) is 2.26. The molecule has 0 aromatic rings. The Bertz CT molecular complexity index is 285. The van der Waals surface area contributed by atoms with Gasteiger partial charge in [0.1, 0.15) is 0 Å². The molecule has 0 aromatic heterocycles. The minimum Gasteiger partial charge on any atom is -0.396 e. The van der Waals surface area contributed by atoms with E-state index in [1.54, 1.807) is 0 Å². The lowest BCUT2D eigenvalue weighted by atomic mass is 9.60. The van der Waals surface area contributed by atoms with Gasteiger partial charge in [-0.05, 0) is 48.3 Å². The fourth-order valence-electron chi connectivity index (χ4n) is 4.01. The van der Waals surface area contributed by atoms with Crippen LogP contribution in [0.2, 0.25) is 0 Å². The lowest BCUT2D eigenvalue weighted by molar-refractivity contribution is -0.0439. The van der Waals surface area contributed by atoms with Crippen molar-refractivity contribution in [1.82, 2.24) is 0 Å². The Morgan fingerprint density at radius 3 is 2.53 bits per heavy atom. The highest BCUT2D eigenvalue weighted by Crippen LogP contribution is 2.46. The average molecular weight is 238 g/mol. The van der Waals surface area contributed by atoms with E-state index in [-0.39, 0.29) is 24.5 Å². The molecule has 1 saturated carbocycles. The van der Waals surface area contributed by atoms with E-state index in [4.69, 9.17) is 0 Å². The summed E-state index contributed by atoms with van der Waals surface area (Å²) in [6.07, 6.45) is 6.43. The van der Waals surface area contributed by atoms with Crippen molar-refractivity contribution in [2.75, 3.05) is 6.61 Å². The van der Waals surface area contributed by atoms with Gasteiger partial charge in [-0.15, -0.1) is 0 Å². The zero-order valence-corrected chi connectivity index (χ0v) is 11.2. The number of allylic oxidation sites excluding steroid dienone is 2. The Labute approximate surface area is 105 Å². The van der Waals surface area contributed by atoms with E-state index in [2.05, 4.69) is 32.9 Å². The van der Waals surface area contributed by atoms with Crippen molar-refractivity contribution in [3.8, 4) is 0 Å². The molecule has 2 N–H and O–H groups in total. The van der Waals surface area contributed by atoms with Gasteiger partial charge in [0.05, 0.1) is 6.10 Å². The predicted molar refractivity (Wildman–Crippen MR) is 69.4 cm³/mol. The SMILES string of the molecule is CC(C)[C@H]1C=CC2C[C@H](C)CC(O)C2[C@H]1CO.